The van der Waals surface area contributed by atoms with Crippen LogP contribution in [0.3, 0.4) is 0 Å². The fraction of sp³-hybridized carbons (Fsp3) is 0.200. The molecule has 0 aromatic heterocycles. The molecule has 2 unspecified atom stereocenters. The molecule has 0 bridgehead atoms. The minimum Gasteiger partial charge on any atom is -0.386 e. The topological polar surface area (TPSA) is 58.9 Å². The van der Waals surface area contributed by atoms with Gasteiger partial charge in [-0.2, -0.15) is 0 Å². The molecular formula is C30H30O4. The predicted octanol–water partition coefficient (Wildman–Crippen LogP) is 4.89. The minimum absolute atomic E-state index is 0.723. The zero-order valence-electron chi connectivity index (χ0n) is 19.4. The summed E-state index contributed by atoms with van der Waals surface area (Å²) >= 11 is 0. The van der Waals surface area contributed by atoms with E-state index in [0.717, 1.165) is 22.3 Å². The summed E-state index contributed by atoms with van der Waals surface area (Å²) in [4.78, 5) is 0. The molecule has 4 aromatic rings. The van der Waals surface area contributed by atoms with Gasteiger partial charge in [0.15, 0.2) is 0 Å². The molecule has 4 heteroatoms. The van der Waals surface area contributed by atoms with Crippen LogP contribution in [0.5, 0.6) is 0 Å². The number of hydrogen-bond donors (Lipinski definition) is 2. The van der Waals surface area contributed by atoms with Crippen molar-refractivity contribution in [2.75, 3.05) is 14.2 Å². The summed E-state index contributed by atoms with van der Waals surface area (Å²) in [6, 6.07) is 37.9. The lowest BCUT2D eigenvalue weighted by molar-refractivity contribution is -0.185. The van der Waals surface area contributed by atoms with Gasteiger partial charge in [-0.15, -0.1) is 0 Å². The molecule has 4 aromatic carbocycles. The SMILES string of the molecule is COC(c1ccccc1)(c1ccccc1)C(O)C(O)C(OC)(c1ccccc1)c1ccccc1. The third-order valence-electron chi connectivity index (χ3n) is 6.59. The number of rotatable bonds is 9. The van der Waals surface area contributed by atoms with Gasteiger partial charge in [-0.1, -0.05) is 121 Å². The van der Waals surface area contributed by atoms with Gasteiger partial charge in [-0.25, -0.2) is 0 Å². The van der Waals surface area contributed by atoms with Gasteiger partial charge in [0.1, 0.15) is 23.4 Å². The van der Waals surface area contributed by atoms with Crippen molar-refractivity contribution in [2.24, 2.45) is 0 Å². The molecule has 0 saturated carbocycles. The molecule has 0 aliphatic heterocycles. The van der Waals surface area contributed by atoms with Crippen LogP contribution >= 0.6 is 0 Å². The molecule has 4 rings (SSSR count). The van der Waals surface area contributed by atoms with Gasteiger partial charge in [0.05, 0.1) is 0 Å². The monoisotopic (exact) mass is 454 g/mol. The molecule has 0 radical (unpaired) electrons. The van der Waals surface area contributed by atoms with Crippen LogP contribution in [0.2, 0.25) is 0 Å². The summed E-state index contributed by atoms with van der Waals surface area (Å²) in [7, 11) is 3.10. The van der Waals surface area contributed by atoms with E-state index in [4.69, 9.17) is 9.47 Å². The molecule has 174 valence electrons. The Kier molecular flexibility index (Phi) is 7.25. The quantitative estimate of drug-likeness (QED) is 0.378. The van der Waals surface area contributed by atoms with Crippen molar-refractivity contribution in [3.63, 3.8) is 0 Å². The molecule has 2 atom stereocenters. The Bertz CT molecular complexity index is 974. The van der Waals surface area contributed by atoms with Crippen molar-refractivity contribution in [3.8, 4) is 0 Å². The van der Waals surface area contributed by atoms with Crippen LogP contribution in [-0.2, 0) is 20.7 Å². The lowest BCUT2D eigenvalue weighted by Crippen LogP contribution is -2.57. The van der Waals surface area contributed by atoms with Crippen LogP contribution in [0, 0.1) is 0 Å². The number of benzene rings is 4. The number of ether oxygens (including phenoxy) is 2. The molecule has 0 fully saturated rings. The molecule has 2 N–H and O–H groups in total. The maximum atomic E-state index is 12.1. The number of aliphatic hydroxyl groups excluding tert-OH is 2. The fourth-order valence-electron chi connectivity index (χ4n) is 4.92. The first-order valence-electron chi connectivity index (χ1n) is 11.3. The van der Waals surface area contributed by atoms with Crippen molar-refractivity contribution in [1.82, 2.24) is 0 Å². The van der Waals surface area contributed by atoms with E-state index in [9.17, 15) is 10.2 Å². The Morgan fingerprint density at radius 2 is 0.647 bits per heavy atom. The van der Waals surface area contributed by atoms with Gasteiger partial charge >= 0.3 is 0 Å². The summed E-state index contributed by atoms with van der Waals surface area (Å²) in [5.74, 6) is 0. The second-order valence-electron chi connectivity index (χ2n) is 8.23. The largest absolute Gasteiger partial charge is 0.386 e. The lowest BCUT2D eigenvalue weighted by atomic mass is 9.71. The summed E-state index contributed by atoms with van der Waals surface area (Å²) in [5, 5.41) is 24.1. The van der Waals surface area contributed by atoms with E-state index in [0.29, 0.717) is 0 Å². The molecule has 34 heavy (non-hydrogen) atoms. The first-order valence-corrected chi connectivity index (χ1v) is 11.3. The molecule has 4 nitrogen and oxygen atoms in total. The van der Waals surface area contributed by atoms with E-state index in [1.54, 1.807) is 14.2 Å². The Balaban J connectivity index is 1.95. The number of aliphatic hydroxyl groups is 2. The minimum atomic E-state index is -1.40. The number of methoxy groups -OCH3 is 2. The highest BCUT2D eigenvalue weighted by atomic mass is 16.5. The highest BCUT2D eigenvalue weighted by Crippen LogP contribution is 2.45. The van der Waals surface area contributed by atoms with E-state index in [2.05, 4.69) is 0 Å². The summed E-state index contributed by atoms with van der Waals surface area (Å²) in [5.41, 5.74) is 0.190. The third-order valence-corrected chi connectivity index (χ3v) is 6.59. The van der Waals surface area contributed by atoms with Crippen LogP contribution < -0.4 is 0 Å². The fourth-order valence-corrected chi connectivity index (χ4v) is 4.92. The lowest BCUT2D eigenvalue weighted by Gasteiger charge is -2.46. The van der Waals surface area contributed by atoms with E-state index in [-0.39, 0.29) is 0 Å². The van der Waals surface area contributed by atoms with Crippen molar-refractivity contribution < 1.29 is 19.7 Å². The average molecular weight is 455 g/mol. The van der Waals surface area contributed by atoms with Gasteiger partial charge in [0.25, 0.3) is 0 Å². The first kappa shape index (κ1) is 23.9. The molecule has 0 aliphatic rings. The Hall–Kier alpha value is -3.28. The van der Waals surface area contributed by atoms with E-state index >= 15 is 0 Å². The van der Waals surface area contributed by atoms with Crippen LogP contribution in [-0.4, -0.2) is 36.6 Å². The number of hydrogen-bond acceptors (Lipinski definition) is 4. The zero-order valence-corrected chi connectivity index (χ0v) is 19.4. The van der Waals surface area contributed by atoms with E-state index in [1.165, 1.54) is 0 Å². The van der Waals surface area contributed by atoms with Crippen LogP contribution in [0.4, 0.5) is 0 Å². The second kappa shape index (κ2) is 10.3. The molecule has 0 spiro atoms. The van der Waals surface area contributed by atoms with Crippen LogP contribution in [0.15, 0.2) is 121 Å². The molecular weight excluding hydrogens is 424 g/mol. The van der Waals surface area contributed by atoms with Crippen molar-refractivity contribution >= 4 is 0 Å². The second-order valence-corrected chi connectivity index (χ2v) is 8.23. The van der Waals surface area contributed by atoms with Gasteiger partial charge in [-0.05, 0) is 22.3 Å². The van der Waals surface area contributed by atoms with Crippen molar-refractivity contribution in [3.05, 3.63) is 144 Å². The van der Waals surface area contributed by atoms with Gasteiger partial charge in [0.2, 0.25) is 0 Å². The molecule has 0 amide bonds. The van der Waals surface area contributed by atoms with Crippen LogP contribution in [0.25, 0.3) is 0 Å². The smallest absolute Gasteiger partial charge is 0.146 e. The molecule has 0 heterocycles. The Labute approximate surface area is 201 Å². The Morgan fingerprint density at radius 3 is 0.824 bits per heavy atom. The van der Waals surface area contributed by atoms with E-state index < -0.39 is 23.4 Å². The first-order chi connectivity index (χ1) is 16.6. The van der Waals surface area contributed by atoms with Crippen molar-refractivity contribution in [2.45, 2.75) is 23.4 Å². The maximum absolute atomic E-state index is 12.1. The highest BCUT2D eigenvalue weighted by Gasteiger charge is 2.54. The van der Waals surface area contributed by atoms with Gasteiger partial charge < -0.3 is 19.7 Å². The van der Waals surface area contributed by atoms with Crippen molar-refractivity contribution in [1.29, 1.82) is 0 Å². The molecule has 0 aliphatic carbocycles. The predicted molar refractivity (Wildman–Crippen MR) is 133 cm³/mol. The summed E-state index contributed by atoms with van der Waals surface area (Å²) in [6.07, 6.45) is -2.80. The molecule has 0 saturated heterocycles. The summed E-state index contributed by atoms with van der Waals surface area (Å²) in [6.45, 7) is 0. The normalized spacial score (nSPS) is 13.9. The maximum Gasteiger partial charge on any atom is 0.146 e. The van der Waals surface area contributed by atoms with Gasteiger partial charge in [-0.3, -0.25) is 0 Å². The zero-order chi connectivity index (χ0) is 24.0. The van der Waals surface area contributed by atoms with Gasteiger partial charge in [0, 0.05) is 14.2 Å². The Morgan fingerprint density at radius 1 is 0.441 bits per heavy atom. The van der Waals surface area contributed by atoms with E-state index in [1.807, 2.05) is 121 Å². The standard InChI is InChI=1S/C30H30O4/c1-33-29(23-15-7-3-8-16-23,24-17-9-4-10-18-24)27(31)28(32)30(34-2,25-19-11-5-12-20-25)26-21-13-6-14-22-26/h3-22,27-28,31-32H,1-2H3. The highest BCUT2D eigenvalue weighted by molar-refractivity contribution is 5.43. The third kappa shape index (κ3) is 3.95. The van der Waals surface area contributed by atoms with Crippen LogP contribution in [0.1, 0.15) is 22.3 Å². The summed E-state index contributed by atoms with van der Waals surface area (Å²) < 4.78 is 12.3. The average Bonchev–Trinajstić information content (AvgIpc) is 2.92.